The molecule has 0 spiro atoms. The first kappa shape index (κ1) is 16.3. The third-order valence-corrected chi connectivity index (χ3v) is 4.46. The van der Waals surface area contributed by atoms with E-state index in [-0.39, 0.29) is 0 Å². The number of anilines is 1. The van der Waals surface area contributed by atoms with Crippen molar-refractivity contribution < 1.29 is 0 Å². The Morgan fingerprint density at radius 3 is 2.88 bits per heavy atom. The van der Waals surface area contributed by atoms with Crippen LogP contribution in [0, 0.1) is 6.92 Å². The Morgan fingerprint density at radius 2 is 2.17 bits per heavy atom. The fourth-order valence-corrected chi connectivity index (χ4v) is 3.07. The topological polar surface area (TPSA) is 88.8 Å². The van der Waals surface area contributed by atoms with Crippen molar-refractivity contribution in [1.29, 1.82) is 0 Å². The summed E-state index contributed by atoms with van der Waals surface area (Å²) in [5, 5.41) is 9.43. The molecule has 6 nitrogen and oxygen atoms in total. The van der Waals surface area contributed by atoms with Crippen LogP contribution in [0.5, 0.6) is 0 Å². The minimum atomic E-state index is 0.581. The fraction of sp³-hybridized carbons (Fsp3) is 0.235. The minimum Gasteiger partial charge on any atom is -0.395 e. The molecule has 3 heterocycles. The van der Waals surface area contributed by atoms with E-state index in [0.717, 1.165) is 34.2 Å². The van der Waals surface area contributed by atoms with Crippen LogP contribution in [0.15, 0.2) is 46.6 Å². The van der Waals surface area contributed by atoms with Crippen LogP contribution in [0.3, 0.4) is 0 Å². The van der Waals surface area contributed by atoms with Gasteiger partial charge in [0.2, 0.25) is 5.95 Å². The zero-order valence-electron chi connectivity index (χ0n) is 13.7. The van der Waals surface area contributed by atoms with Crippen LogP contribution in [0.1, 0.15) is 24.0 Å². The van der Waals surface area contributed by atoms with E-state index >= 15 is 0 Å². The predicted molar refractivity (Wildman–Crippen MR) is 98.8 cm³/mol. The lowest BCUT2D eigenvalue weighted by molar-refractivity contribution is 0.933. The van der Waals surface area contributed by atoms with Crippen LogP contribution in [0.2, 0.25) is 0 Å². The molecule has 1 aliphatic rings. The first-order valence-corrected chi connectivity index (χ1v) is 8.60. The second-order valence-corrected chi connectivity index (χ2v) is 6.38. The normalized spacial score (nSPS) is 15.7. The first-order chi connectivity index (χ1) is 11.6. The van der Waals surface area contributed by atoms with Gasteiger partial charge >= 0.3 is 0 Å². The van der Waals surface area contributed by atoms with Gasteiger partial charge in [0.15, 0.2) is 0 Å². The Balaban J connectivity index is 1.70. The molecule has 0 atom stereocenters. The van der Waals surface area contributed by atoms with Crippen LogP contribution < -0.4 is 16.4 Å². The van der Waals surface area contributed by atoms with Gasteiger partial charge in [-0.25, -0.2) is 9.97 Å². The minimum absolute atomic E-state index is 0.581. The van der Waals surface area contributed by atoms with Gasteiger partial charge < -0.3 is 16.4 Å². The Bertz CT molecular complexity index is 785. The number of thioether (sulfide) groups is 1. The van der Waals surface area contributed by atoms with E-state index in [4.69, 9.17) is 5.73 Å². The monoisotopic (exact) mass is 340 g/mol. The molecular weight excluding hydrogens is 320 g/mol. The maximum absolute atomic E-state index is 6.25. The van der Waals surface area contributed by atoms with Gasteiger partial charge in [-0.2, -0.15) is 0 Å². The van der Waals surface area contributed by atoms with Gasteiger partial charge in [0.25, 0.3) is 0 Å². The highest BCUT2D eigenvalue weighted by molar-refractivity contribution is 8.06. The summed E-state index contributed by atoms with van der Waals surface area (Å²) in [7, 11) is 0. The maximum atomic E-state index is 6.25. The summed E-state index contributed by atoms with van der Waals surface area (Å²) in [6.07, 6.45) is 2.61. The van der Waals surface area contributed by atoms with Gasteiger partial charge in [0, 0.05) is 36.2 Å². The van der Waals surface area contributed by atoms with Crippen molar-refractivity contribution in [2.45, 2.75) is 20.3 Å². The van der Waals surface area contributed by atoms with E-state index in [1.54, 1.807) is 18.0 Å². The molecule has 124 valence electrons. The summed E-state index contributed by atoms with van der Waals surface area (Å²) in [6, 6.07) is 7.79. The van der Waals surface area contributed by atoms with Gasteiger partial charge in [-0.1, -0.05) is 17.8 Å². The lowest BCUT2D eigenvalue weighted by Crippen LogP contribution is -2.14. The molecule has 4 N–H and O–H groups in total. The highest BCUT2D eigenvalue weighted by Crippen LogP contribution is 2.28. The highest BCUT2D eigenvalue weighted by Gasteiger charge is 2.14. The Morgan fingerprint density at radius 1 is 1.29 bits per heavy atom. The second kappa shape index (κ2) is 7.35. The Hall–Kier alpha value is -2.54. The smallest absolute Gasteiger partial charge is 0.223 e. The van der Waals surface area contributed by atoms with Crippen LogP contribution in [0.25, 0.3) is 5.70 Å². The van der Waals surface area contributed by atoms with E-state index in [9.17, 15) is 0 Å². The molecule has 2 aromatic heterocycles. The van der Waals surface area contributed by atoms with Crippen LogP contribution in [0.4, 0.5) is 5.95 Å². The molecule has 1 aliphatic heterocycles. The molecule has 7 heteroatoms. The molecule has 0 unspecified atom stereocenters. The van der Waals surface area contributed by atoms with E-state index < -0.39 is 0 Å². The van der Waals surface area contributed by atoms with Crippen molar-refractivity contribution in [3.05, 3.63) is 63.7 Å². The third kappa shape index (κ3) is 4.05. The molecule has 0 saturated carbocycles. The number of pyridine rings is 1. The Kier molecular flexibility index (Phi) is 5.00. The highest BCUT2D eigenvalue weighted by atomic mass is 32.2. The van der Waals surface area contributed by atoms with Crippen molar-refractivity contribution in [2.24, 2.45) is 5.73 Å². The molecule has 0 saturated heterocycles. The third-order valence-electron chi connectivity index (χ3n) is 3.43. The SMILES string of the molecule is CC1=CS/C(=C(/N)c2cc(C)nc(NCCc3ccccn3)n2)N1. The molecule has 0 fully saturated rings. The fourth-order valence-electron chi connectivity index (χ4n) is 2.27. The predicted octanol–water partition coefficient (Wildman–Crippen LogP) is 2.62. The number of aryl methyl sites for hydroxylation is 1. The van der Waals surface area contributed by atoms with Gasteiger partial charge in [-0.05, 0) is 37.5 Å². The summed E-state index contributed by atoms with van der Waals surface area (Å²) >= 11 is 1.57. The van der Waals surface area contributed by atoms with E-state index in [1.807, 2.05) is 43.5 Å². The standard InChI is InChI=1S/C17H20N6S/c1-11-9-14(15(18)16-21-12(2)10-24-16)23-17(22-11)20-8-6-13-5-3-4-7-19-13/h3-5,7,9-10,21H,6,8,18H2,1-2H3,(H,20,22,23)/b16-15+. The summed E-state index contributed by atoms with van der Waals surface area (Å²) in [6.45, 7) is 4.65. The number of aromatic nitrogens is 3. The quantitative estimate of drug-likeness (QED) is 0.771. The average Bonchev–Trinajstić information content (AvgIpc) is 3.01. The summed E-state index contributed by atoms with van der Waals surface area (Å²) in [4.78, 5) is 13.3. The van der Waals surface area contributed by atoms with Crippen molar-refractivity contribution in [2.75, 3.05) is 11.9 Å². The van der Waals surface area contributed by atoms with E-state index in [2.05, 4.69) is 25.6 Å². The van der Waals surface area contributed by atoms with Crippen LogP contribution in [-0.2, 0) is 6.42 Å². The number of rotatable bonds is 5. The molecule has 24 heavy (non-hydrogen) atoms. The van der Waals surface area contributed by atoms with Crippen LogP contribution >= 0.6 is 11.8 Å². The molecule has 0 radical (unpaired) electrons. The van der Waals surface area contributed by atoms with Gasteiger partial charge in [-0.15, -0.1) is 0 Å². The lowest BCUT2D eigenvalue weighted by Gasteiger charge is -2.10. The van der Waals surface area contributed by atoms with Crippen molar-refractivity contribution in [1.82, 2.24) is 20.3 Å². The largest absolute Gasteiger partial charge is 0.395 e. The van der Waals surface area contributed by atoms with E-state index in [1.165, 1.54) is 0 Å². The average molecular weight is 340 g/mol. The number of hydrogen-bond donors (Lipinski definition) is 3. The molecule has 0 aliphatic carbocycles. The molecule has 0 bridgehead atoms. The van der Waals surface area contributed by atoms with Crippen LogP contribution in [-0.4, -0.2) is 21.5 Å². The maximum Gasteiger partial charge on any atom is 0.223 e. The molecule has 2 aromatic rings. The number of nitrogens with zero attached hydrogens (tertiary/aromatic N) is 3. The van der Waals surface area contributed by atoms with Crippen molar-refractivity contribution >= 4 is 23.4 Å². The number of allylic oxidation sites excluding steroid dienone is 1. The van der Waals surface area contributed by atoms with Gasteiger partial charge in [0.1, 0.15) is 5.03 Å². The second-order valence-electron chi connectivity index (χ2n) is 5.50. The van der Waals surface area contributed by atoms with Crippen molar-refractivity contribution in [3.63, 3.8) is 0 Å². The first-order valence-electron chi connectivity index (χ1n) is 7.72. The van der Waals surface area contributed by atoms with E-state index in [0.29, 0.717) is 18.2 Å². The van der Waals surface area contributed by atoms with Gasteiger partial charge in [0.05, 0.1) is 11.4 Å². The summed E-state index contributed by atoms with van der Waals surface area (Å²) in [5.74, 6) is 0.581. The lowest BCUT2D eigenvalue weighted by atomic mass is 10.2. The summed E-state index contributed by atoms with van der Waals surface area (Å²) in [5.41, 5.74) is 10.6. The molecule has 0 amide bonds. The zero-order valence-corrected chi connectivity index (χ0v) is 14.5. The molecular formula is C17H20N6S. The summed E-state index contributed by atoms with van der Waals surface area (Å²) < 4.78 is 0. The van der Waals surface area contributed by atoms with Gasteiger partial charge in [-0.3, -0.25) is 4.98 Å². The number of nitrogens with one attached hydrogen (secondary N) is 2. The zero-order chi connectivity index (χ0) is 16.9. The Labute approximate surface area is 145 Å². The molecule has 3 rings (SSSR count). The van der Waals surface area contributed by atoms with Crippen molar-refractivity contribution in [3.8, 4) is 0 Å². The molecule has 0 aromatic carbocycles. The number of nitrogens with two attached hydrogens (primary N) is 1. The number of hydrogen-bond acceptors (Lipinski definition) is 7.